The number of rotatable bonds is 14. The summed E-state index contributed by atoms with van der Waals surface area (Å²) in [4.78, 5) is 0. The van der Waals surface area contributed by atoms with Crippen molar-refractivity contribution < 1.29 is 4.65 Å². The van der Waals surface area contributed by atoms with Gasteiger partial charge in [-0.25, -0.2) is 0 Å². The van der Waals surface area contributed by atoms with Gasteiger partial charge in [0.2, 0.25) is 0 Å². The fourth-order valence-electron chi connectivity index (χ4n) is 2.57. The molecule has 122 valence electrons. The van der Waals surface area contributed by atoms with E-state index in [9.17, 15) is 5.21 Å². The zero-order chi connectivity index (χ0) is 15.3. The highest BCUT2D eigenvalue weighted by Gasteiger charge is 2.05. The third-order valence-electron chi connectivity index (χ3n) is 4.33. The van der Waals surface area contributed by atoms with E-state index in [0.29, 0.717) is 6.54 Å². The van der Waals surface area contributed by atoms with Gasteiger partial charge < -0.3 is 9.85 Å². The Morgan fingerprint density at radius 1 is 0.750 bits per heavy atom. The molecule has 0 fully saturated rings. The average Bonchev–Trinajstić information content (AvgIpc) is 2.39. The summed E-state index contributed by atoms with van der Waals surface area (Å²) in [6, 6.07) is 0. The van der Waals surface area contributed by atoms with Crippen LogP contribution in [0.15, 0.2) is 0 Å². The molecule has 0 aliphatic rings. The van der Waals surface area contributed by atoms with Crippen LogP contribution in [0, 0.1) is 11.1 Å². The van der Waals surface area contributed by atoms with Crippen molar-refractivity contribution in [1.29, 1.82) is 0 Å². The molecule has 0 aromatic heterocycles. The minimum atomic E-state index is -0.0591. The molecule has 0 saturated carbocycles. The van der Waals surface area contributed by atoms with E-state index in [2.05, 4.69) is 13.8 Å². The lowest BCUT2D eigenvalue weighted by Gasteiger charge is -2.37. The molecule has 0 heterocycles. The molecule has 0 aliphatic carbocycles. The van der Waals surface area contributed by atoms with Crippen molar-refractivity contribution in [3.8, 4) is 0 Å². The topological polar surface area (TPSA) is 23.1 Å². The van der Waals surface area contributed by atoms with E-state index in [-0.39, 0.29) is 4.65 Å². The minimum absolute atomic E-state index is 0.0591. The minimum Gasteiger partial charge on any atom is -0.633 e. The number of unbranched alkanes of at least 4 members (excludes halogenated alkanes) is 9. The van der Waals surface area contributed by atoms with E-state index in [1.54, 1.807) is 7.05 Å². The van der Waals surface area contributed by atoms with Crippen molar-refractivity contribution in [2.24, 2.45) is 5.92 Å². The molecule has 0 spiro atoms. The van der Waals surface area contributed by atoms with Crippen molar-refractivity contribution in [2.45, 2.75) is 91.4 Å². The smallest absolute Gasteiger partial charge is 0.0781 e. The van der Waals surface area contributed by atoms with Crippen LogP contribution in [-0.4, -0.2) is 24.8 Å². The Balaban J connectivity index is 3.10. The molecule has 0 aliphatic heterocycles. The molecule has 0 aromatic rings. The van der Waals surface area contributed by atoms with Gasteiger partial charge in [-0.15, -0.1) is 0 Å². The quantitative estimate of drug-likeness (QED) is 0.221. The van der Waals surface area contributed by atoms with Crippen LogP contribution in [0.1, 0.15) is 91.4 Å². The number of nitrogens with zero attached hydrogens (tertiary/aromatic N) is 1. The Labute approximate surface area is 128 Å². The molecule has 2 nitrogen and oxygen atoms in total. The first-order chi connectivity index (χ1) is 9.48. The number of hydroxylamine groups is 3. The van der Waals surface area contributed by atoms with Gasteiger partial charge in [-0.3, -0.25) is 0 Å². The summed E-state index contributed by atoms with van der Waals surface area (Å²) in [7, 11) is 1.79. The Morgan fingerprint density at radius 3 is 1.55 bits per heavy atom. The maximum atomic E-state index is 11.7. The lowest BCUT2D eigenvalue weighted by atomic mass is 10.0. The summed E-state index contributed by atoms with van der Waals surface area (Å²) in [6.45, 7) is 8.11. The third kappa shape index (κ3) is 14.3. The molecule has 0 N–H and O–H groups in total. The number of hydrogen-bond donors (Lipinski definition) is 0. The van der Waals surface area contributed by atoms with Crippen molar-refractivity contribution in [3.05, 3.63) is 5.21 Å². The second-order valence-electron chi connectivity index (χ2n) is 7.05. The Morgan fingerprint density at radius 2 is 1.15 bits per heavy atom. The molecular formula is C18H39NO. The van der Waals surface area contributed by atoms with Gasteiger partial charge in [-0.05, 0) is 25.7 Å². The van der Waals surface area contributed by atoms with Gasteiger partial charge in [0, 0.05) is 0 Å². The van der Waals surface area contributed by atoms with Gasteiger partial charge in [0.25, 0.3) is 0 Å². The zero-order valence-corrected chi connectivity index (χ0v) is 14.6. The molecule has 0 radical (unpaired) electrons. The average molecular weight is 286 g/mol. The predicted molar refractivity (Wildman–Crippen MR) is 90.6 cm³/mol. The lowest BCUT2D eigenvalue weighted by molar-refractivity contribution is -0.859. The highest BCUT2D eigenvalue weighted by molar-refractivity contribution is 4.50. The van der Waals surface area contributed by atoms with Crippen LogP contribution in [0.3, 0.4) is 0 Å². The van der Waals surface area contributed by atoms with Crippen molar-refractivity contribution in [3.63, 3.8) is 0 Å². The van der Waals surface area contributed by atoms with E-state index >= 15 is 0 Å². The van der Waals surface area contributed by atoms with Crippen LogP contribution in [0.25, 0.3) is 0 Å². The highest BCUT2D eigenvalue weighted by atomic mass is 16.5. The van der Waals surface area contributed by atoms with Crippen LogP contribution in [0.2, 0.25) is 0 Å². The first kappa shape index (κ1) is 19.9. The summed E-state index contributed by atoms with van der Waals surface area (Å²) in [6.07, 6.45) is 14.9. The van der Waals surface area contributed by atoms with E-state index in [1.807, 2.05) is 6.92 Å². The van der Waals surface area contributed by atoms with Gasteiger partial charge in [-0.1, -0.05) is 71.6 Å². The van der Waals surface area contributed by atoms with Gasteiger partial charge in [0.1, 0.15) is 0 Å². The van der Waals surface area contributed by atoms with E-state index in [0.717, 1.165) is 18.9 Å². The molecule has 0 bridgehead atoms. The second-order valence-corrected chi connectivity index (χ2v) is 7.05. The summed E-state index contributed by atoms with van der Waals surface area (Å²) in [5.41, 5.74) is 0. The van der Waals surface area contributed by atoms with Crippen LogP contribution < -0.4 is 0 Å². The Kier molecular flexibility index (Phi) is 12.6. The lowest BCUT2D eigenvalue weighted by Crippen LogP contribution is -2.37. The highest BCUT2D eigenvalue weighted by Crippen LogP contribution is 2.13. The first-order valence-corrected chi connectivity index (χ1v) is 9.03. The van der Waals surface area contributed by atoms with Crippen molar-refractivity contribution in [1.82, 2.24) is 0 Å². The van der Waals surface area contributed by atoms with Crippen LogP contribution in [0.5, 0.6) is 0 Å². The Bertz CT molecular complexity index is 202. The van der Waals surface area contributed by atoms with Gasteiger partial charge in [0.15, 0.2) is 0 Å². The molecule has 0 amide bonds. The first-order valence-electron chi connectivity index (χ1n) is 9.03. The zero-order valence-electron chi connectivity index (χ0n) is 14.6. The molecule has 1 unspecified atom stereocenters. The third-order valence-corrected chi connectivity index (χ3v) is 4.33. The van der Waals surface area contributed by atoms with Gasteiger partial charge in [0.05, 0.1) is 20.1 Å². The standard InChI is InChI=1S/C18H39NO/c1-5-19(4,20)17-15-13-11-9-7-6-8-10-12-14-16-18(2)3/h18H,5-17H2,1-4H3. The second kappa shape index (κ2) is 12.6. The molecule has 0 aromatic carbocycles. The molecule has 2 heteroatoms. The Hall–Kier alpha value is -0.0800. The molecule has 1 atom stereocenters. The normalized spacial score (nSPS) is 14.7. The number of quaternary nitrogens is 1. The van der Waals surface area contributed by atoms with Gasteiger partial charge >= 0.3 is 0 Å². The molecule has 0 saturated heterocycles. The van der Waals surface area contributed by atoms with E-state index in [4.69, 9.17) is 0 Å². The maximum absolute atomic E-state index is 11.7. The monoisotopic (exact) mass is 285 g/mol. The molecule has 0 rings (SSSR count). The maximum Gasteiger partial charge on any atom is 0.0781 e. The number of hydrogen-bond acceptors (Lipinski definition) is 1. The van der Waals surface area contributed by atoms with Crippen LogP contribution >= 0.6 is 0 Å². The predicted octanol–water partition coefficient (Wildman–Crippen LogP) is 5.90. The summed E-state index contributed by atoms with van der Waals surface area (Å²) in [5, 5.41) is 11.7. The van der Waals surface area contributed by atoms with Crippen LogP contribution in [-0.2, 0) is 0 Å². The van der Waals surface area contributed by atoms with Crippen LogP contribution in [0.4, 0.5) is 0 Å². The van der Waals surface area contributed by atoms with Crippen molar-refractivity contribution >= 4 is 0 Å². The fraction of sp³-hybridized carbons (Fsp3) is 1.00. The summed E-state index contributed by atoms with van der Waals surface area (Å²) >= 11 is 0. The summed E-state index contributed by atoms with van der Waals surface area (Å²) < 4.78 is -0.0591. The summed E-state index contributed by atoms with van der Waals surface area (Å²) in [5.74, 6) is 0.873. The largest absolute Gasteiger partial charge is 0.633 e. The van der Waals surface area contributed by atoms with E-state index < -0.39 is 0 Å². The van der Waals surface area contributed by atoms with Crippen molar-refractivity contribution in [2.75, 3.05) is 20.1 Å². The van der Waals surface area contributed by atoms with Gasteiger partial charge in [-0.2, -0.15) is 0 Å². The SMILES string of the molecule is CC[N+](C)([O-])CCCCCCCCCCCCC(C)C. The fourth-order valence-corrected chi connectivity index (χ4v) is 2.57. The molecule has 20 heavy (non-hydrogen) atoms. The van der Waals surface area contributed by atoms with E-state index in [1.165, 1.54) is 64.2 Å². The molecular weight excluding hydrogens is 246 g/mol.